The highest BCUT2D eigenvalue weighted by molar-refractivity contribution is 6.32. The van der Waals surface area contributed by atoms with Crippen LogP contribution in [0.4, 0.5) is 0 Å². The highest BCUT2D eigenvalue weighted by atomic mass is 35.5. The first-order chi connectivity index (χ1) is 9.41. The average Bonchev–Trinajstić information content (AvgIpc) is 2.42. The summed E-state index contributed by atoms with van der Waals surface area (Å²) >= 11 is 6.35. The van der Waals surface area contributed by atoms with Crippen molar-refractivity contribution in [1.82, 2.24) is 5.32 Å². The number of hydrogen-bond donors (Lipinski definition) is 1. The van der Waals surface area contributed by atoms with Gasteiger partial charge in [-0.25, -0.2) is 0 Å². The van der Waals surface area contributed by atoms with Crippen molar-refractivity contribution in [3.63, 3.8) is 0 Å². The number of ether oxygens (including phenoxy) is 1. The van der Waals surface area contributed by atoms with E-state index >= 15 is 0 Å². The lowest BCUT2D eigenvalue weighted by atomic mass is 9.76. The summed E-state index contributed by atoms with van der Waals surface area (Å²) in [4.78, 5) is 0. The molecule has 2 rings (SSSR count). The third kappa shape index (κ3) is 3.89. The molecule has 1 atom stereocenters. The minimum Gasteiger partial charge on any atom is -0.489 e. The van der Waals surface area contributed by atoms with Crippen molar-refractivity contribution in [1.29, 1.82) is 0 Å². The van der Waals surface area contributed by atoms with Gasteiger partial charge in [0.25, 0.3) is 0 Å². The van der Waals surface area contributed by atoms with Crippen molar-refractivity contribution < 1.29 is 4.74 Å². The Labute approximate surface area is 127 Å². The highest BCUT2D eigenvalue weighted by Gasteiger charge is 2.28. The molecule has 1 aliphatic rings. The van der Waals surface area contributed by atoms with Crippen molar-refractivity contribution in [2.45, 2.75) is 58.6 Å². The van der Waals surface area contributed by atoms with Crippen LogP contribution in [0.25, 0.3) is 0 Å². The normalized spacial score (nSPS) is 20.6. The van der Waals surface area contributed by atoms with Gasteiger partial charge in [0.05, 0.1) is 11.1 Å². The Hall–Kier alpha value is -0.730. The van der Waals surface area contributed by atoms with E-state index in [2.05, 4.69) is 32.2 Å². The lowest BCUT2D eigenvalue weighted by Gasteiger charge is -2.34. The SMILES string of the molecule is CNC(C)c1ccc(OC2CCC(C)(C)CC2)c(Cl)c1. The second-order valence-electron chi connectivity index (χ2n) is 6.68. The first kappa shape index (κ1) is 15.7. The maximum Gasteiger partial charge on any atom is 0.138 e. The molecular weight excluding hydrogens is 270 g/mol. The predicted molar refractivity (Wildman–Crippen MR) is 85.6 cm³/mol. The Morgan fingerprint density at radius 3 is 2.50 bits per heavy atom. The summed E-state index contributed by atoms with van der Waals surface area (Å²) in [7, 11) is 1.95. The standard InChI is InChI=1S/C17H26ClNO/c1-12(19-4)13-5-6-16(15(18)11-13)20-14-7-9-17(2,3)10-8-14/h5-6,11-12,14,19H,7-10H2,1-4H3. The van der Waals surface area contributed by atoms with Crippen LogP contribution in [0, 0.1) is 5.41 Å². The maximum absolute atomic E-state index is 6.35. The van der Waals surface area contributed by atoms with Crippen molar-refractivity contribution in [3.05, 3.63) is 28.8 Å². The first-order valence-electron chi connectivity index (χ1n) is 7.55. The van der Waals surface area contributed by atoms with Gasteiger partial charge in [0.15, 0.2) is 0 Å². The largest absolute Gasteiger partial charge is 0.489 e. The number of hydrogen-bond acceptors (Lipinski definition) is 2. The summed E-state index contributed by atoms with van der Waals surface area (Å²) in [5, 5.41) is 3.94. The van der Waals surface area contributed by atoms with E-state index < -0.39 is 0 Å². The third-order valence-electron chi connectivity index (χ3n) is 4.47. The zero-order valence-electron chi connectivity index (χ0n) is 13.0. The molecule has 20 heavy (non-hydrogen) atoms. The summed E-state index contributed by atoms with van der Waals surface area (Å²) in [6.45, 7) is 6.80. The quantitative estimate of drug-likeness (QED) is 0.847. The Morgan fingerprint density at radius 2 is 1.95 bits per heavy atom. The minimum absolute atomic E-state index is 0.303. The van der Waals surface area contributed by atoms with Crippen LogP contribution in [0.15, 0.2) is 18.2 Å². The van der Waals surface area contributed by atoms with E-state index in [0.29, 0.717) is 17.6 Å². The molecule has 0 aliphatic heterocycles. The van der Waals surface area contributed by atoms with Gasteiger partial charge in [-0.3, -0.25) is 0 Å². The Balaban J connectivity index is 2.00. The molecule has 2 nitrogen and oxygen atoms in total. The van der Waals surface area contributed by atoms with E-state index in [1.807, 2.05) is 19.2 Å². The van der Waals surface area contributed by atoms with Gasteiger partial charge >= 0.3 is 0 Å². The van der Waals surface area contributed by atoms with E-state index in [4.69, 9.17) is 16.3 Å². The molecule has 1 N–H and O–H groups in total. The summed E-state index contributed by atoms with van der Waals surface area (Å²) in [5.74, 6) is 0.823. The fourth-order valence-corrected chi connectivity index (χ4v) is 2.95. The smallest absolute Gasteiger partial charge is 0.138 e. The predicted octanol–water partition coefficient (Wildman–Crippen LogP) is 4.97. The van der Waals surface area contributed by atoms with Gasteiger partial charge in [-0.2, -0.15) is 0 Å². The first-order valence-corrected chi connectivity index (χ1v) is 7.92. The molecule has 1 fully saturated rings. The molecule has 0 spiro atoms. The molecule has 0 aromatic heterocycles. The second kappa shape index (κ2) is 6.36. The molecule has 0 saturated heterocycles. The van der Waals surface area contributed by atoms with Crippen molar-refractivity contribution in [2.75, 3.05) is 7.05 Å². The molecule has 1 unspecified atom stereocenters. The van der Waals surface area contributed by atoms with Crippen LogP contribution in [0.1, 0.15) is 58.1 Å². The Morgan fingerprint density at radius 1 is 1.30 bits per heavy atom. The van der Waals surface area contributed by atoms with E-state index in [1.54, 1.807) is 0 Å². The molecule has 0 amide bonds. The van der Waals surface area contributed by atoms with Crippen LogP contribution in [-0.2, 0) is 0 Å². The molecule has 0 radical (unpaired) electrons. The van der Waals surface area contributed by atoms with Crippen LogP contribution in [0.3, 0.4) is 0 Å². The van der Waals surface area contributed by atoms with Gasteiger partial charge in [-0.1, -0.05) is 31.5 Å². The molecule has 112 valence electrons. The molecule has 1 saturated carbocycles. The Kier molecular flexibility index (Phi) is 4.98. The van der Waals surface area contributed by atoms with Gasteiger partial charge in [0.1, 0.15) is 5.75 Å². The molecule has 1 aliphatic carbocycles. The van der Waals surface area contributed by atoms with E-state index in [-0.39, 0.29) is 0 Å². The zero-order valence-corrected chi connectivity index (χ0v) is 13.8. The minimum atomic E-state index is 0.303. The molecular formula is C17H26ClNO. The summed E-state index contributed by atoms with van der Waals surface area (Å²) in [6, 6.07) is 6.41. The average molecular weight is 296 g/mol. The fraction of sp³-hybridized carbons (Fsp3) is 0.647. The number of benzene rings is 1. The lowest BCUT2D eigenvalue weighted by molar-refractivity contribution is 0.0988. The van der Waals surface area contributed by atoms with Gasteiger partial charge < -0.3 is 10.1 Å². The summed E-state index contributed by atoms with van der Waals surface area (Å²) in [6.07, 6.45) is 5.01. The number of rotatable bonds is 4. The number of halogens is 1. The molecule has 1 aromatic carbocycles. The molecule has 0 bridgehead atoms. The van der Waals surface area contributed by atoms with Crippen molar-refractivity contribution in [3.8, 4) is 5.75 Å². The molecule has 0 heterocycles. The lowest BCUT2D eigenvalue weighted by Crippen LogP contribution is -2.28. The molecule has 1 aromatic rings. The van der Waals surface area contributed by atoms with Gasteiger partial charge in [0, 0.05) is 6.04 Å². The zero-order chi connectivity index (χ0) is 14.8. The summed E-state index contributed by atoms with van der Waals surface area (Å²) < 4.78 is 6.10. The van der Waals surface area contributed by atoms with Gasteiger partial charge in [0.2, 0.25) is 0 Å². The molecule has 3 heteroatoms. The summed E-state index contributed by atoms with van der Waals surface area (Å²) in [5.41, 5.74) is 1.66. The third-order valence-corrected chi connectivity index (χ3v) is 4.76. The monoisotopic (exact) mass is 295 g/mol. The van der Waals surface area contributed by atoms with Crippen LogP contribution in [-0.4, -0.2) is 13.2 Å². The fourth-order valence-electron chi connectivity index (χ4n) is 2.72. The van der Waals surface area contributed by atoms with Gasteiger partial charge in [-0.05, 0) is 62.8 Å². The maximum atomic E-state index is 6.35. The van der Waals surface area contributed by atoms with Crippen LogP contribution >= 0.6 is 11.6 Å². The van der Waals surface area contributed by atoms with Gasteiger partial charge in [-0.15, -0.1) is 0 Å². The van der Waals surface area contributed by atoms with Crippen molar-refractivity contribution in [2.24, 2.45) is 5.41 Å². The Bertz CT molecular complexity index is 448. The highest BCUT2D eigenvalue weighted by Crippen LogP contribution is 2.38. The number of nitrogens with one attached hydrogen (secondary N) is 1. The van der Waals surface area contributed by atoms with E-state index in [9.17, 15) is 0 Å². The van der Waals surface area contributed by atoms with Crippen molar-refractivity contribution >= 4 is 11.6 Å². The van der Waals surface area contributed by atoms with E-state index in [1.165, 1.54) is 18.4 Å². The van der Waals surface area contributed by atoms with Crippen LogP contribution < -0.4 is 10.1 Å². The van der Waals surface area contributed by atoms with E-state index in [0.717, 1.165) is 23.6 Å². The van der Waals surface area contributed by atoms with Crippen LogP contribution in [0.2, 0.25) is 5.02 Å². The van der Waals surface area contributed by atoms with Crippen LogP contribution in [0.5, 0.6) is 5.75 Å². The second-order valence-corrected chi connectivity index (χ2v) is 7.09. The topological polar surface area (TPSA) is 21.3 Å².